The molecule has 1 aliphatic rings. The number of rotatable bonds is 4. The van der Waals surface area contributed by atoms with Crippen LogP contribution in [0.25, 0.3) is 0 Å². The summed E-state index contributed by atoms with van der Waals surface area (Å²) in [6.45, 7) is 4.08. The molecule has 0 unspecified atom stereocenters. The van der Waals surface area contributed by atoms with Crippen molar-refractivity contribution in [3.63, 3.8) is 0 Å². The summed E-state index contributed by atoms with van der Waals surface area (Å²) in [6.07, 6.45) is 1.62. The highest BCUT2D eigenvalue weighted by molar-refractivity contribution is 6.33. The number of amides is 2. The van der Waals surface area contributed by atoms with Crippen molar-refractivity contribution in [3.8, 4) is 0 Å². The van der Waals surface area contributed by atoms with Crippen molar-refractivity contribution in [2.24, 2.45) is 0 Å². The molecule has 0 aliphatic carbocycles. The van der Waals surface area contributed by atoms with Crippen LogP contribution in [0, 0.1) is 12.7 Å². The number of aryl methyl sites for hydroxylation is 1. The van der Waals surface area contributed by atoms with Crippen molar-refractivity contribution in [2.75, 3.05) is 36.4 Å². The third-order valence-corrected chi connectivity index (χ3v) is 5.70. The molecular formula is C24H22ClFN4O2. The fraction of sp³-hybridized carbons (Fsp3) is 0.208. The van der Waals surface area contributed by atoms with Gasteiger partial charge in [0, 0.05) is 31.7 Å². The lowest BCUT2D eigenvalue weighted by Crippen LogP contribution is -2.49. The number of pyridine rings is 1. The topological polar surface area (TPSA) is 65.5 Å². The monoisotopic (exact) mass is 452 g/mol. The van der Waals surface area contributed by atoms with Crippen LogP contribution in [-0.2, 0) is 0 Å². The van der Waals surface area contributed by atoms with Crippen LogP contribution in [0.3, 0.4) is 0 Å². The van der Waals surface area contributed by atoms with Gasteiger partial charge in [-0.3, -0.25) is 9.59 Å². The Balaban J connectivity index is 1.35. The molecular weight excluding hydrogens is 431 g/mol. The maximum atomic E-state index is 13.5. The highest BCUT2D eigenvalue weighted by atomic mass is 35.5. The minimum atomic E-state index is -0.491. The van der Waals surface area contributed by atoms with E-state index in [0.717, 1.165) is 11.4 Å². The van der Waals surface area contributed by atoms with Crippen LogP contribution in [0.15, 0.2) is 60.8 Å². The van der Waals surface area contributed by atoms with Gasteiger partial charge in [0.05, 0.1) is 22.5 Å². The number of nitrogens with one attached hydrogen (secondary N) is 1. The Morgan fingerprint density at radius 1 is 1.00 bits per heavy atom. The highest BCUT2D eigenvalue weighted by Gasteiger charge is 2.24. The first-order chi connectivity index (χ1) is 15.4. The molecule has 164 valence electrons. The number of nitrogens with zero attached hydrogens (tertiary/aromatic N) is 3. The molecule has 32 heavy (non-hydrogen) atoms. The first-order valence-electron chi connectivity index (χ1n) is 10.2. The molecule has 2 amide bonds. The summed E-state index contributed by atoms with van der Waals surface area (Å²) >= 11 is 6.07. The third kappa shape index (κ3) is 4.89. The van der Waals surface area contributed by atoms with Gasteiger partial charge in [0.1, 0.15) is 11.6 Å². The molecule has 0 radical (unpaired) electrons. The largest absolute Gasteiger partial charge is 0.353 e. The number of carbonyl (C=O) groups excluding carboxylic acids is 2. The second-order valence-electron chi connectivity index (χ2n) is 7.63. The van der Waals surface area contributed by atoms with Crippen LogP contribution in [0.2, 0.25) is 5.02 Å². The number of hydrogen-bond donors (Lipinski definition) is 1. The quantitative estimate of drug-likeness (QED) is 0.637. The summed E-state index contributed by atoms with van der Waals surface area (Å²) in [6, 6.07) is 14.8. The Hall–Kier alpha value is -3.45. The lowest BCUT2D eigenvalue weighted by Gasteiger charge is -2.35. The predicted molar refractivity (Wildman–Crippen MR) is 123 cm³/mol. The molecule has 1 aromatic heterocycles. The standard InChI is InChI=1S/C24H22ClFN4O2/c1-16-2-4-17(5-3-16)23(31)28-19-7-9-22(27-15-19)29-10-12-30(13-11-29)24(32)20-14-18(26)6-8-21(20)25/h2-9,14-15H,10-13H2,1H3,(H,28,31). The molecule has 1 N–H and O–H groups in total. The number of benzene rings is 2. The Labute approximate surface area is 190 Å². The van der Waals surface area contributed by atoms with E-state index in [0.29, 0.717) is 37.4 Å². The van der Waals surface area contributed by atoms with Crippen molar-refractivity contribution in [1.29, 1.82) is 0 Å². The van der Waals surface area contributed by atoms with Crippen molar-refractivity contribution in [1.82, 2.24) is 9.88 Å². The van der Waals surface area contributed by atoms with Gasteiger partial charge in [0.25, 0.3) is 11.8 Å². The molecule has 0 saturated carbocycles. The van der Waals surface area contributed by atoms with E-state index >= 15 is 0 Å². The van der Waals surface area contributed by atoms with E-state index in [1.54, 1.807) is 29.3 Å². The van der Waals surface area contributed by atoms with Gasteiger partial charge < -0.3 is 15.1 Å². The zero-order chi connectivity index (χ0) is 22.7. The van der Waals surface area contributed by atoms with Gasteiger partial charge in [-0.1, -0.05) is 29.3 Å². The zero-order valence-corrected chi connectivity index (χ0v) is 18.3. The number of piperazine rings is 1. The first kappa shape index (κ1) is 21.8. The molecule has 3 aromatic rings. The van der Waals surface area contributed by atoms with E-state index in [4.69, 9.17) is 11.6 Å². The summed E-state index contributed by atoms with van der Waals surface area (Å²) in [5.74, 6) is -0.205. The van der Waals surface area contributed by atoms with Crippen molar-refractivity contribution in [3.05, 3.63) is 88.3 Å². The maximum absolute atomic E-state index is 13.5. The SMILES string of the molecule is Cc1ccc(C(=O)Nc2ccc(N3CCN(C(=O)c4cc(F)ccc4Cl)CC3)nc2)cc1. The average molecular weight is 453 g/mol. The molecule has 2 heterocycles. The van der Waals surface area contributed by atoms with Crippen LogP contribution < -0.4 is 10.2 Å². The Morgan fingerprint density at radius 3 is 2.38 bits per heavy atom. The van der Waals surface area contributed by atoms with Gasteiger partial charge in [-0.2, -0.15) is 0 Å². The lowest BCUT2D eigenvalue weighted by molar-refractivity contribution is 0.0746. The Kier molecular flexibility index (Phi) is 6.37. The third-order valence-electron chi connectivity index (χ3n) is 5.37. The van der Waals surface area contributed by atoms with Gasteiger partial charge in [-0.15, -0.1) is 0 Å². The van der Waals surface area contributed by atoms with E-state index in [-0.39, 0.29) is 22.4 Å². The van der Waals surface area contributed by atoms with Gasteiger partial charge >= 0.3 is 0 Å². The number of hydrogen-bond acceptors (Lipinski definition) is 4. The maximum Gasteiger partial charge on any atom is 0.255 e. The van der Waals surface area contributed by atoms with Crippen molar-refractivity contribution >= 4 is 34.9 Å². The molecule has 0 bridgehead atoms. The molecule has 8 heteroatoms. The second kappa shape index (κ2) is 9.36. The fourth-order valence-corrected chi connectivity index (χ4v) is 3.72. The van der Waals surface area contributed by atoms with Gasteiger partial charge in [-0.25, -0.2) is 9.37 Å². The minimum absolute atomic E-state index is 0.173. The van der Waals surface area contributed by atoms with E-state index in [1.807, 2.05) is 25.1 Å². The van der Waals surface area contributed by atoms with E-state index in [2.05, 4.69) is 15.2 Å². The Bertz CT molecular complexity index is 1130. The molecule has 2 aromatic carbocycles. The summed E-state index contributed by atoms with van der Waals surface area (Å²) in [4.78, 5) is 33.2. The predicted octanol–water partition coefficient (Wildman–Crippen LogP) is 4.40. The van der Waals surface area contributed by atoms with E-state index in [1.165, 1.54) is 18.2 Å². The number of aromatic nitrogens is 1. The number of carbonyl (C=O) groups is 2. The summed E-state index contributed by atoms with van der Waals surface area (Å²) < 4.78 is 13.5. The molecule has 6 nitrogen and oxygen atoms in total. The van der Waals surface area contributed by atoms with Gasteiger partial charge in [-0.05, 0) is 49.4 Å². The van der Waals surface area contributed by atoms with Crippen LogP contribution in [0.4, 0.5) is 15.9 Å². The van der Waals surface area contributed by atoms with Crippen molar-refractivity contribution < 1.29 is 14.0 Å². The average Bonchev–Trinajstić information content (AvgIpc) is 2.81. The lowest BCUT2D eigenvalue weighted by atomic mass is 10.1. The Morgan fingerprint density at radius 2 is 1.72 bits per heavy atom. The number of anilines is 2. The summed E-state index contributed by atoms with van der Waals surface area (Å²) in [5, 5.41) is 3.08. The summed E-state index contributed by atoms with van der Waals surface area (Å²) in [5.41, 5.74) is 2.45. The minimum Gasteiger partial charge on any atom is -0.353 e. The van der Waals surface area contributed by atoms with Crippen LogP contribution in [-0.4, -0.2) is 47.9 Å². The zero-order valence-electron chi connectivity index (χ0n) is 17.5. The first-order valence-corrected chi connectivity index (χ1v) is 10.6. The van der Waals surface area contributed by atoms with E-state index in [9.17, 15) is 14.0 Å². The van der Waals surface area contributed by atoms with Crippen LogP contribution in [0.5, 0.6) is 0 Å². The summed E-state index contributed by atoms with van der Waals surface area (Å²) in [7, 11) is 0. The second-order valence-corrected chi connectivity index (χ2v) is 8.04. The normalized spacial score (nSPS) is 13.7. The molecule has 1 fully saturated rings. The van der Waals surface area contributed by atoms with Crippen molar-refractivity contribution in [2.45, 2.75) is 6.92 Å². The number of halogens is 2. The van der Waals surface area contributed by atoms with Crippen LogP contribution >= 0.6 is 11.6 Å². The highest BCUT2D eigenvalue weighted by Crippen LogP contribution is 2.21. The molecule has 1 saturated heterocycles. The molecule has 0 atom stereocenters. The van der Waals surface area contributed by atoms with Gasteiger partial charge in [0.2, 0.25) is 0 Å². The van der Waals surface area contributed by atoms with E-state index < -0.39 is 5.82 Å². The van der Waals surface area contributed by atoms with Gasteiger partial charge in [0.15, 0.2) is 0 Å². The smallest absolute Gasteiger partial charge is 0.255 e. The molecule has 0 spiro atoms. The fourth-order valence-electron chi connectivity index (χ4n) is 3.53. The van der Waals surface area contributed by atoms with Crippen LogP contribution in [0.1, 0.15) is 26.3 Å². The molecule has 4 rings (SSSR count). The molecule has 1 aliphatic heterocycles.